The first-order valence-corrected chi connectivity index (χ1v) is 14.7. The van der Waals surface area contributed by atoms with Gasteiger partial charge in [-0.3, -0.25) is 10.1 Å². The molecule has 1 aliphatic carbocycles. The van der Waals surface area contributed by atoms with E-state index in [0.29, 0.717) is 43.6 Å². The minimum atomic E-state index is -3.74. The summed E-state index contributed by atoms with van der Waals surface area (Å²) in [6, 6.07) is 20.1. The molecule has 5 rings (SSSR count). The molecule has 0 radical (unpaired) electrons. The highest BCUT2D eigenvalue weighted by Gasteiger charge is 2.39. The van der Waals surface area contributed by atoms with E-state index >= 15 is 0 Å². The summed E-state index contributed by atoms with van der Waals surface area (Å²) in [5.41, 5.74) is 2.99. The summed E-state index contributed by atoms with van der Waals surface area (Å²) in [5.74, 6) is -0.959. The van der Waals surface area contributed by atoms with Crippen LogP contribution in [0.5, 0.6) is 5.75 Å². The SMILES string of the molecule is CCC(Oc1cccc2c1CC(S(=O)(=O)Cc1ccccc1)c1sc(-c3ccc([N+](=O)[O-])cc3)nc1-2)C(=O)O. The fourth-order valence-corrected chi connectivity index (χ4v) is 8.00. The lowest BCUT2D eigenvalue weighted by Crippen LogP contribution is -2.27. The van der Waals surface area contributed by atoms with Crippen LogP contribution in [0.3, 0.4) is 0 Å². The molecule has 1 aromatic heterocycles. The van der Waals surface area contributed by atoms with Crippen molar-refractivity contribution in [1.29, 1.82) is 0 Å². The third-order valence-electron chi connectivity index (χ3n) is 6.61. The largest absolute Gasteiger partial charge is 0.479 e. The van der Waals surface area contributed by atoms with Crippen molar-refractivity contribution >= 4 is 32.8 Å². The van der Waals surface area contributed by atoms with Crippen molar-refractivity contribution in [2.75, 3.05) is 0 Å². The molecule has 0 spiro atoms. The van der Waals surface area contributed by atoms with Gasteiger partial charge in [0.05, 0.1) is 21.2 Å². The van der Waals surface area contributed by atoms with E-state index in [1.54, 1.807) is 55.5 Å². The summed E-state index contributed by atoms with van der Waals surface area (Å²) in [4.78, 5) is 27.7. The number of hydrogen-bond acceptors (Lipinski definition) is 8. The molecule has 2 atom stereocenters. The molecular formula is C28H24N2O7S2. The zero-order valence-electron chi connectivity index (χ0n) is 20.8. The Kier molecular flexibility index (Phi) is 7.19. The van der Waals surface area contributed by atoms with E-state index in [1.165, 1.54) is 23.5 Å². The number of carboxylic acid groups (broad SMARTS) is 1. The van der Waals surface area contributed by atoms with Gasteiger partial charge in [-0.15, -0.1) is 11.3 Å². The standard InChI is InChI=1S/C28H24N2O7S2/c1-2-22(28(31)32)37-23-10-6-9-20-21(23)15-24(39(35,36)16-17-7-4-3-5-8-17)26-25(20)29-27(38-26)18-11-13-19(14-12-18)30(33)34/h3-14,22,24H,2,15-16H2,1H3,(H,31,32). The minimum Gasteiger partial charge on any atom is -0.479 e. The van der Waals surface area contributed by atoms with Crippen molar-refractivity contribution in [2.24, 2.45) is 0 Å². The zero-order valence-corrected chi connectivity index (χ0v) is 22.4. The number of aromatic nitrogens is 1. The fraction of sp³-hybridized carbons (Fsp3) is 0.214. The lowest BCUT2D eigenvalue weighted by Gasteiger charge is -2.26. The van der Waals surface area contributed by atoms with E-state index in [1.807, 2.05) is 12.1 Å². The first-order valence-electron chi connectivity index (χ1n) is 12.2. The number of aliphatic carboxylic acids is 1. The van der Waals surface area contributed by atoms with Crippen molar-refractivity contribution in [1.82, 2.24) is 4.98 Å². The van der Waals surface area contributed by atoms with Gasteiger partial charge in [0.2, 0.25) is 0 Å². The Hall–Kier alpha value is -4.09. The Morgan fingerprint density at radius 1 is 1.13 bits per heavy atom. The molecule has 2 unspecified atom stereocenters. The summed E-state index contributed by atoms with van der Waals surface area (Å²) < 4.78 is 33.6. The van der Waals surface area contributed by atoms with Crippen LogP contribution in [-0.2, 0) is 26.8 Å². The van der Waals surface area contributed by atoms with Crippen LogP contribution in [0.4, 0.5) is 5.69 Å². The molecule has 11 heteroatoms. The molecule has 0 saturated heterocycles. The number of fused-ring (bicyclic) bond motifs is 3. The van der Waals surface area contributed by atoms with Crippen molar-refractivity contribution in [3.05, 3.63) is 98.9 Å². The maximum absolute atomic E-state index is 13.9. The lowest BCUT2D eigenvalue weighted by atomic mass is 9.92. The van der Waals surface area contributed by atoms with Crippen LogP contribution in [0.15, 0.2) is 72.8 Å². The second kappa shape index (κ2) is 10.6. The molecule has 1 aliphatic rings. The van der Waals surface area contributed by atoms with Gasteiger partial charge in [0.1, 0.15) is 16.0 Å². The molecular weight excluding hydrogens is 540 g/mol. The monoisotopic (exact) mass is 564 g/mol. The fourth-order valence-electron chi connectivity index (χ4n) is 4.64. The van der Waals surface area contributed by atoms with Gasteiger partial charge in [-0.1, -0.05) is 49.4 Å². The molecule has 0 amide bonds. The molecule has 1 heterocycles. The van der Waals surface area contributed by atoms with Gasteiger partial charge in [0, 0.05) is 28.8 Å². The summed E-state index contributed by atoms with van der Waals surface area (Å²) in [6.45, 7) is 1.70. The predicted molar refractivity (Wildman–Crippen MR) is 147 cm³/mol. The predicted octanol–water partition coefficient (Wildman–Crippen LogP) is 5.84. The van der Waals surface area contributed by atoms with Crippen LogP contribution in [0, 0.1) is 10.1 Å². The Bertz CT molecular complexity index is 1650. The Morgan fingerprint density at radius 2 is 1.85 bits per heavy atom. The van der Waals surface area contributed by atoms with E-state index in [2.05, 4.69) is 0 Å². The average molecular weight is 565 g/mol. The number of non-ortho nitro benzene ring substituents is 1. The van der Waals surface area contributed by atoms with E-state index in [-0.39, 0.29) is 24.3 Å². The Labute approximate surface area is 228 Å². The van der Waals surface area contributed by atoms with Crippen LogP contribution >= 0.6 is 11.3 Å². The topological polar surface area (TPSA) is 137 Å². The third-order valence-corrected chi connectivity index (χ3v) is 9.98. The number of nitro benzene ring substituents is 1. The second-order valence-corrected chi connectivity index (χ2v) is 12.4. The van der Waals surface area contributed by atoms with Crippen LogP contribution in [-0.4, -0.2) is 35.5 Å². The number of nitro groups is 1. The molecule has 3 aromatic carbocycles. The van der Waals surface area contributed by atoms with Crippen molar-refractivity contribution in [3.8, 4) is 27.6 Å². The molecule has 1 N–H and O–H groups in total. The van der Waals surface area contributed by atoms with Crippen LogP contribution in [0.2, 0.25) is 0 Å². The summed E-state index contributed by atoms with van der Waals surface area (Å²) in [6.07, 6.45) is -0.740. The van der Waals surface area contributed by atoms with Crippen LogP contribution < -0.4 is 4.74 Å². The number of carboxylic acids is 1. The second-order valence-electron chi connectivity index (χ2n) is 9.16. The van der Waals surface area contributed by atoms with Crippen molar-refractivity contribution < 1.29 is 28.0 Å². The molecule has 200 valence electrons. The summed E-state index contributed by atoms with van der Waals surface area (Å²) in [7, 11) is -3.74. The van der Waals surface area contributed by atoms with Crippen LogP contribution in [0.25, 0.3) is 21.8 Å². The van der Waals surface area contributed by atoms with Crippen molar-refractivity contribution in [2.45, 2.75) is 36.9 Å². The first-order chi connectivity index (χ1) is 18.7. The molecule has 4 aromatic rings. The number of ether oxygens (including phenoxy) is 1. The van der Waals surface area contributed by atoms with Gasteiger partial charge in [-0.25, -0.2) is 18.2 Å². The highest BCUT2D eigenvalue weighted by atomic mass is 32.2. The van der Waals surface area contributed by atoms with Gasteiger partial charge >= 0.3 is 5.97 Å². The van der Waals surface area contributed by atoms with E-state index in [4.69, 9.17) is 9.72 Å². The summed E-state index contributed by atoms with van der Waals surface area (Å²) >= 11 is 1.25. The van der Waals surface area contributed by atoms with E-state index in [0.717, 1.165) is 0 Å². The highest BCUT2D eigenvalue weighted by Crippen LogP contribution is 2.49. The quantitative estimate of drug-likeness (QED) is 0.198. The number of carbonyl (C=O) groups is 1. The van der Waals surface area contributed by atoms with E-state index < -0.39 is 32.1 Å². The maximum Gasteiger partial charge on any atom is 0.344 e. The van der Waals surface area contributed by atoms with Gasteiger partial charge < -0.3 is 9.84 Å². The zero-order chi connectivity index (χ0) is 27.7. The molecule has 0 bridgehead atoms. The Morgan fingerprint density at radius 3 is 2.49 bits per heavy atom. The van der Waals surface area contributed by atoms with Crippen LogP contribution in [0.1, 0.15) is 34.6 Å². The normalized spacial score (nSPS) is 15.2. The number of benzene rings is 3. The van der Waals surface area contributed by atoms with Crippen molar-refractivity contribution in [3.63, 3.8) is 0 Å². The smallest absolute Gasteiger partial charge is 0.344 e. The number of hydrogen-bond donors (Lipinski definition) is 1. The molecule has 0 aliphatic heterocycles. The number of rotatable bonds is 9. The highest BCUT2D eigenvalue weighted by molar-refractivity contribution is 7.91. The van der Waals surface area contributed by atoms with Gasteiger partial charge in [-0.2, -0.15) is 0 Å². The maximum atomic E-state index is 13.9. The van der Waals surface area contributed by atoms with Gasteiger partial charge in [0.15, 0.2) is 15.9 Å². The minimum absolute atomic E-state index is 0.0561. The Balaban J connectivity index is 1.63. The lowest BCUT2D eigenvalue weighted by molar-refractivity contribution is -0.384. The molecule has 39 heavy (non-hydrogen) atoms. The van der Waals surface area contributed by atoms with Gasteiger partial charge in [-0.05, 0) is 36.6 Å². The average Bonchev–Trinajstić information content (AvgIpc) is 3.37. The number of thiazole rings is 1. The van der Waals surface area contributed by atoms with Gasteiger partial charge in [0.25, 0.3) is 5.69 Å². The first kappa shape index (κ1) is 26.5. The number of nitrogens with zero attached hydrogens (tertiary/aromatic N) is 2. The molecule has 9 nitrogen and oxygen atoms in total. The summed E-state index contributed by atoms with van der Waals surface area (Å²) in [5, 5.41) is 20.3. The molecule has 0 fully saturated rings. The number of sulfone groups is 1. The molecule has 0 saturated carbocycles. The van der Waals surface area contributed by atoms with E-state index in [9.17, 15) is 28.4 Å². The third kappa shape index (κ3) is 5.27.